The van der Waals surface area contributed by atoms with Crippen molar-refractivity contribution in [3.05, 3.63) is 0 Å². The molecule has 15 heavy (non-hydrogen) atoms. The molecular formula is C12H25N3. The highest BCUT2D eigenvalue weighted by molar-refractivity contribution is 4.83. The van der Waals surface area contributed by atoms with Crippen LogP contribution in [0, 0.1) is 0 Å². The lowest BCUT2D eigenvalue weighted by Crippen LogP contribution is -2.47. The summed E-state index contributed by atoms with van der Waals surface area (Å²) in [5.41, 5.74) is 0. The van der Waals surface area contributed by atoms with Gasteiger partial charge >= 0.3 is 0 Å². The zero-order valence-electron chi connectivity index (χ0n) is 10.2. The second kappa shape index (κ2) is 5.28. The van der Waals surface area contributed by atoms with E-state index in [9.17, 15) is 0 Å². The minimum absolute atomic E-state index is 0.713. The zero-order valence-corrected chi connectivity index (χ0v) is 10.2. The molecule has 2 atom stereocenters. The quantitative estimate of drug-likeness (QED) is 0.691. The molecule has 88 valence electrons. The van der Waals surface area contributed by atoms with Gasteiger partial charge in [-0.3, -0.25) is 4.90 Å². The number of likely N-dealkylation sites (N-methyl/N-ethyl adjacent to an activating group) is 1. The van der Waals surface area contributed by atoms with Gasteiger partial charge in [0.15, 0.2) is 0 Å². The van der Waals surface area contributed by atoms with Crippen molar-refractivity contribution < 1.29 is 0 Å². The van der Waals surface area contributed by atoms with Gasteiger partial charge in [0.1, 0.15) is 0 Å². The van der Waals surface area contributed by atoms with Crippen molar-refractivity contribution in [1.82, 2.24) is 15.1 Å². The van der Waals surface area contributed by atoms with Gasteiger partial charge in [-0.2, -0.15) is 0 Å². The number of piperidine rings is 1. The maximum absolute atomic E-state index is 3.54. The average Bonchev–Trinajstić information content (AvgIpc) is 2.43. The zero-order chi connectivity index (χ0) is 10.7. The summed E-state index contributed by atoms with van der Waals surface area (Å²) in [5.74, 6) is 0. The van der Waals surface area contributed by atoms with Gasteiger partial charge in [0.05, 0.1) is 0 Å². The number of rotatable bonds is 1. The molecule has 0 aromatic carbocycles. The third-order valence-corrected chi connectivity index (χ3v) is 3.87. The molecule has 3 nitrogen and oxygen atoms in total. The fraction of sp³-hybridized carbons (Fsp3) is 1.00. The van der Waals surface area contributed by atoms with Crippen LogP contribution >= 0.6 is 0 Å². The van der Waals surface area contributed by atoms with Crippen molar-refractivity contribution in [1.29, 1.82) is 0 Å². The second-order valence-corrected chi connectivity index (χ2v) is 5.23. The third-order valence-electron chi connectivity index (χ3n) is 3.87. The van der Waals surface area contributed by atoms with Gasteiger partial charge in [-0.15, -0.1) is 0 Å². The number of nitrogens with zero attached hydrogens (tertiary/aromatic N) is 2. The minimum atomic E-state index is 0.713. The van der Waals surface area contributed by atoms with Gasteiger partial charge in [-0.05, 0) is 52.9 Å². The summed E-state index contributed by atoms with van der Waals surface area (Å²) in [6.07, 6.45) is 4.02. The van der Waals surface area contributed by atoms with E-state index in [1.54, 1.807) is 0 Å². The topological polar surface area (TPSA) is 18.5 Å². The normalized spacial score (nSPS) is 36.4. The molecule has 2 aliphatic heterocycles. The first kappa shape index (κ1) is 11.4. The molecule has 0 aromatic heterocycles. The van der Waals surface area contributed by atoms with E-state index in [0.29, 0.717) is 6.04 Å². The fourth-order valence-corrected chi connectivity index (χ4v) is 2.87. The highest BCUT2D eigenvalue weighted by Crippen LogP contribution is 2.17. The summed E-state index contributed by atoms with van der Waals surface area (Å²) in [4.78, 5) is 5.19. The Morgan fingerprint density at radius 2 is 2.00 bits per heavy atom. The van der Waals surface area contributed by atoms with Crippen LogP contribution in [-0.2, 0) is 0 Å². The molecule has 2 heterocycles. The molecule has 2 aliphatic rings. The maximum Gasteiger partial charge on any atom is 0.0123 e. The smallest absolute Gasteiger partial charge is 0.0123 e. The average molecular weight is 211 g/mol. The minimum Gasteiger partial charge on any atom is -0.314 e. The molecule has 2 fully saturated rings. The Kier molecular flexibility index (Phi) is 4.00. The summed E-state index contributed by atoms with van der Waals surface area (Å²) in [7, 11) is 2.24. The molecule has 2 rings (SSSR count). The molecule has 0 saturated carbocycles. The van der Waals surface area contributed by atoms with Crippen LogP contribution in [-0.4, -0.2) is 61.7 Å². The molecule has 0 aromatic rings. The molecule has 3 heteroatoms. The van der Waals surface area contributed by atoms with Crippen molar-refractivity contribution in [2.45, 2.75) is 38.3 Å². The van der Waals surface area contributed by atoms with Gasteiger partial charge in [-0.1, -0.05) is 0 Å². The van der Waals surface area contributed by atoms with Crippen LogP contribution in [0.15, 0.2) is 0 Å². The van der Waals surface area contributed by atoms with Crippen LogP contribution in [0.5, 0.6) is 0 Å². The first-order valence-electron chi connectivity index (χ1n) is 6.41. The summed E-state index contributed by atoms with van der Waals surface area (Å²) in [5, 5.41) is 3.54. The molecular weight excluding hydrogens is 186 g/mol. The maximum atomic E-state index is 3.54. The predicted octanol–water partition coefficient (Wildman–Crippen LogP) is 0.764. The van der Waals surface area contributed by atoms with E-state index in [4.69, 9.17) is 0 Å². The SMILES string of the molecule is CC1CC(N2CCCN(C)CC2)CCN1. The summed E-state index contributed by atoms with van der Waals surface area (Å²) in [6.45, 7) is 8.62. The Morgan fingerprint density at radius 3 is 2.80 bits per heavy atom. The molecule has 0 radical (unpaired) electrons. The molecule has 0 bridgehead atoms. The van der Waals surface area contributed by atoms with E-state index in [1.165, 1.54) is 52.0 Å². The van der Waals surface area contributed by atoms with Crippen molar-refractivity contribution in [3.8, 4) is 0 Å². The van der Waals surface area contributed by atoms with Gasteiger partial charge < -0.3 is 10.2 Å². The Labute approximate surface area is 93.8 Å². The highest BCUT2D eigenvalue weighted by Gasteiger charge is 2.25. The molecule has 0 spiro atoms. The molecule has 2 unspecified atom stereocenters. The number of nitrogens with one attached hydrogen (secondary N) is 1. The van der Waals surface area contributed by atoms with Crippen molar-refractivity contribution >= 4 is 0 Å². The van der Waals surface area contributed by atoms with E-state index in [0.717, 1.165) is 6.04 Å². The monoisotopic (exact) mass is 211 g/mol. The van der Waals surface area contributed by atoms with Gasteiger partial charge in [-0.25, -0.2) is 0 Å². The number of hydrogen-bond donors (Lipinski definition) is 1. The van der Waals surface area contributed by atoms with Gasteiger partial charge in [0.2, 0.25) is 0 Å². The van der Waals surface area contributed by atoms with Crippen LogP contribution in [0.3, 0.4) is 0 Å². The first-order valence-corrected chi connectivity index (χ1v) is 6.41. The molecule has 1 N–H and O–H groups in total. The van der Waals surface area contributed by atoms with Gasteiger partial charge in [0.25, 0.3) is 0 Å². The Morgan fingerprint density at radius 1 is 1.13 bits per heavy atom. The predicted molar refractivity (Wildman–Crippen MR) is 64.2 cm³/mol. The van der Waals surface area contributed by atoms with E-state index < -0.39 is 0 Å². The standard InChI is InChI=1S/C12H25N3/c1-11-10-12(4-5-13-11)15-7-3-6-14(2)8-9-15/h11-13H,3-10H2,1-2H3. The summed E-state index contributed by atoms with van der Waals surface area (Å²) in [6, 6.07) is 1.55. The second-order valence-electron chi connectivity index (χ2n) is 5.23. The molecule has 0 amide bonds. The van der Waals surface area contributed by atoms with E-state index >= 15 is 0 Å². The number of hydrogen-bond acceptors (Lipinski definition) is 3. The van der Waals surface area contributed by atoms with Gasteiger partial charge in [0, 0.05) is 25.2 Å². The van der Waals surface area contributed by atoms with Crippen LogP contribution in [0.1, 0.15) is 26.2 Å². The van der Waals surface area contributed by atoms with E-state index in [-0.39, 0.29) is 0 Å². The lowest BCUT2D eigenvalue weighted by molar-refractivity contribution is 0.152. The lowest BCUT2D eigenvalue weighted by atomic mass is 9.99. The van der Waals surface area contributed by atoms with Crippen LogP contribution in [0.25, 0.3) is 0 Å². The highest BCUT2D eigenvalue weighted by atomic mass is 15.2. The van der Waals surface area contributed by atoms with E-state index in [2.05, 4.69) is 29.1 Å². The van der Waals surface area contributed by atoms with Crippen molar-refractivity contribution in [2.75, 3.05) is 39.8 Å². The third kappa shape index (κ3) is 3.16. The molecule has 2 saturated heterocycles. The summed E-state index contributed by atoms with van der Waals surface area (Å²) < 4.78 is 0. The summed E-state index contributed by atoms with van der Waals surface area (Å²) >= 11 is 0. The Hall–Kier alpha value is -0.120. The van der Waals surface area contributed by atoms with Crippen molar-refractivity contribution in [2.24, 2.45) is 0 Å². The largest absolute Gasteiger partial charge is 0.314 e. The fourth-order valence-electron chi connectivity index (χ4n) is 2.87. The Balaban J connectivity index is 1.85. The van der Waals surface area contributed by atoms with Crippen molar-refractivity contribution in [3.63, 3.8) is 0 Å². The Bertz CT molecular complexity index is 195. The lowest BCUT2D eigenvalue weighted by Gasteiger charge is -2.36. The van der Waals surface area contributed by atoms with Crippen LogP contribution < -0.4 is 5.32 Å². The van der Waals surface area contributed by atoms with E-state index in [1.807, 2.05) is 0 Å². The van der Waals surface area contributed by atoms with Crippen LogP contribution in [0.2, 0.25) is 0 Å². The first-order chi connectivity index (χ1) is 7.25. The molecule has 0 aliphatic carbocycles. The van der Waals surface area contributed by atoms with Crippen LogP contribution in [0.4, 0.5) is 0 Å².